The number of H-pyrrole nitrogens is 1. The molecule has 0 saturated heterocycles. The number of ether oxygens (including phenoxy) is 2. The molecule has 6 nitrogen and oxygen atoms in total. The normalized spacial score (nSPS) is 16.5. The predicted molar refractivity (Wildman–Crippen MR) is 130 cm³/mol. The first kappa shape index (κ1) is 23.1. The molecule has 1 fully saturated rings. The Hall–Kier alpha value is -3.02. The first-order valence-electron chi connectivity index (χ1n) is 11.8. The van der Waals surface area contributed by atoms with Crippen LogP contribution in [-0.4, -0.2) is 32.6 Å². The quantitative estimate of drug-likeness (QED) is 0.453. The van der Waals surface area contributed by atoms with E-state index in [9.17, 15) is 4.79 Å². The summed E-state index contributed by atoms with van der Waals surface area (Å²) in [5.41, 5.74) is 2.73. The third-order valence-corrected chi connectivity index (χ3v) is 6.28. The number of rotatable bonds is 5. The van der Waals surface area contributed by atoms with Crippen LogP contribution in [0.25, 0.3) is 11.0 Å². The first-order chi connectivity index (χ1) is 15.6. The number of carbonyl (C=O) groups excluding carboxylic acids is 1. The fourth-order valence-corrected chi connectivity index (χ4v) is 4.33. The van der Waals surface area contributed by atoms with Crippen molar-refractivity contribution in [2.75, 3.05) is 0 Å². The summed E-state index contributed by atoms with van der Waals surface area (Å²) >= 11 is 0. The van der Waals surface area contributed by atoms with Gasteiger partial charge < -0.3 is 19.4 Å². The van der Waals surface area contributed by atoms with E-state index in [0.717, 1.165) is 53.8 Å². The van der Waals surface area contributed by atoms with Gasteiger partial charge >= 0.3 is 6.09 Å². The Balaban J connectivity index is 1.46. The van der Waals surface area contributed by atoms with Gasteiger partial charge in [0.15, 0.2) is 0 Å². The summed E-state index contributed by atoms with van der Waals surface area (Å²) in [6.45, 7) is 10.9. The van der Waals surface area contributed by atoms with E-state index >= 15 is 0 Å². The van der Waals surface area contributed by atoms with E-state index in [0.29, 0.717) is 12.0 Å². The first-order valence-corrected chi connectivity index (χ1v) is 11.8. The summed E-state index contributed by atoms with van der Waals surface area (Å²) in [6.07, 6.45) is 5.68. The van der Waals surface area contributed by atoms with Gasteiger partial charge in [0.2, 0.25) is 0 Å². The molecule has 0 aliphatic heterocycles. The second-order valence-corrected chi connectivity index (χ2v) is 10.8. The number of nitrogens with zero attached hydrogens (tertiary/aromatic N) is 2. The van der Waals surface area contributed by atoms with Gasteiger partial charge in [-0.05, 0) is 81.7 Å². The van der Waals surface area contributed by atoms with E-state index in [1.165, 1.54) is 0 Å². The van der Waals surface area contributed by atoms with Crippen molar-refractivity contribution in [1.82, 2.24) is 14.9 Å². The van der Waals surface area contributed by atoms with E-state index in [1.807, 2.05) is 68.1 Å². The number of aromatic nitrogens is 2. The predicted octanol–water partition coefficient (Wildman–Crippen LogP) is 7.06. The fraction of sp³-hybridized carbons (Fsp3) is 0.481. The number of amides is 1. The molecule has 0 spiro atoms. The molecule has 3 aromatic rings. The lowest BCUT2D eigenvalue weighted by Crippen LogP contribution is -2.45. The number of benzene rings is 2. The molecule has 1 heterocycles. The minimum absolute atomic E-state index is 0.199. The van der Waals surface area contributed by atoms with Gasteiger partial charge in [-0.2, -0.15) is 0 Å². The van der Waals surface area contributed by atoms with Gasteiger partial charge in [-0.3, -0.25) is 0 Å². The molecule has 1 aliphatic carbocycles. The molecule has 1 saturated carbocycles. The van der Waals surface area contributed by atoms with Crippen LogP contribution in [0.15, 0.2) is 48.8 Å². The van der Waals surface area contributed by atoms with Crippen molar-refractivity contribution >= 4 is 17.1 Å². The second kappa shape index (κ2) is 9.08. The molecule has 176 valence electrons. The minimum atomic E-state index is -0.517. The van der Waals surface area contributed by atoms with Crippen molar-refractivity contribution in [3.05, 3.63) is 54.4 Å². The third-order valence-electron chi connectivity index (χ3n) is 6.28. The molecule has 1 aromatic heterocycles. The monoisotopic (exact) mass is 449 g/mol. The molecule has 1 N–H and O–H groups in total. The van der Waals surface area contributed by atoms with Gasteiger partial charge in [0.05, 0.1) is 17.4 Å². The molecule has 0 radical (unpaired) electrons. The number of carbonyl (C=O) groups is 1. The molecule has 2 aromatic carbocycles. The molecule has 1 amide bonds. The average molecular weight is 450 g/mol. The van der Waals surface area contributed by atoms with Gasteiger partial charge in [-0.25, -0.2) is 9.78 Å². The zero-order chi connectivity index (χ0) is 23.6. The van der Waals surface area contributed by atoms with Crippen LogP contribution in [0.3, 0.4) is 0 Å². The summed E-state index contributed by atoms with van der Waals surface area (Å²) in [6, 6.07) is 13.9. The standard InChI is InChI=1S/C27H35N3O3/c1-26(2,3)33-25(31)30(20-12-14-27(4,5)15-13-20)17-19-6-8-21(9-7-19)32-22-10-11-23-24(16-22)29-18-28-23/h6-11,16,18,20H,12-15,17H2,1-5H3,(H,28,29). The highest BCUT2D eigenvalue weighted by Crippen LogP contribution is 2.38. The van der Waals surface area contributed by atoms with E-state index in [4.69, 9.17) is 9.47 Å². The minimum Gasteiger partial charge on any atom is -0.457 e. The Bertz CT molecular complexity index is 1090. The Morgan fingerprint density at radius 2 is 1.76 bits per heavy atom. The summed E-state index contributed by atoms with van der Waals surface area (Å²) in [7, 11) is 0. The van der Waals surface area contributed by atoms with Crippen molar-refractivity contribution in [2.45, 2.75) is 78.5 Å². The van der Waals surface area contributed by atoms with Crippen molar-refractivity contribution < 1.29 is 14.3 Å². The topological polar surface area (TPSA) is 67.5 Å². The number of nitrogens with one attached hydrogen (secondary N) is 1. The zero-order valence-electron chi connectivity index (χ0n) is 20.4. The van der Waals surface area contributed by atoms with Crippen LogP contribution in [-0.2, 0) is 11.3 Å². The van der Waals surface area contributed by atoms with Crippen molar-refractivity contribution in [3.8, 4) is 11.5 Å². The molecular weight excluding hydrogens is 414 g/mol. The lowest BCUT2D eigenvalue weighted by molar-refractivity contribution is 0.00491. The lowest BCUT2D eigenvalue weighted by Gasteiger charge is -2.40. The Morgan fingerprint density at radius 1 is 1.09 bits per heavy atom. The fourth-order valence-electron chi connectivity index (χ4n) is 4.33. The number of aromatic amines is 1. The average Bonchev–Trinajstić information content (AvgIpc) is 3.20. The van der Waals surface area contributed by atoms with E-state index in [-0.39, 0.29) is 12.1 Å². The highest BCUT2D eigenvalue weighted by molar-refractivity contribution is 5.76. The SMILES string of the molecule is CC1(C)CCC(N(Cc2ccc(Oc3ccc4nc[nH]c4c3)cc2)C(=O)OC(C)(C)C)CC1. The number of fused-ring (bicyclic) bond motifs is 1. The maximum absolute atomic E-state index is 13.1. The van der Waals surface area contributed by atoms with Crippen LogP contribution >= 0.6 is 0 Å². The van der Waals surface area contributed by atoms with Gasteiger partial charge in [-0.1, -0.05) is 26.0 Å². The Kier molecular flexibility index (Phi) is 6.37. The Labute approximate surface area is 196 Å². The van der Waals surface area contributed by atoms with Crippen LogP contribution in [0.5, 0.6) is 11.5 Å². The molecular formula is C27H35N3O3. The molecule has 0 atom stereocenters. The maximum Gasteiger partial charge on any atom is 0.410 e. The van der Waals surface area contributed by atoms with Crippen LogP contribution in [0.1, 0.15) is 65.9 Å². The summed E-state index contributed by atoms with van der Waals surface area (Å²) in [5.74, 6) is 1.50. The van der Waals surface area contributed by atoms with Crippen molar-refractivity contribution in [3.63, 3.8) is 0 Å². The van der Waals surface area contributed by atoms with Gasteiger partial charge in [0.25, 0.3) is 0 Å². The molecule has 33 heavy (non-hydrogen) atoms. The van der Waals surface area contributed by atoms with E-state index < -0.39 is 5.60 Å². The van der Waals surface area contributed by atoms with Crippen LogP contribution in [0.2, 0.25) is 0 Å². The Morgan fingerprint density at radius 3 is 2.42 bits per heavy atom. The van der Waals surface area contributed by atoms with E-state index in [1.54, 1.807) is 6.33 Å². The lowest BCUT2D eigenvalue weighted by atomic mass is 9.75. The van der Waals surface area contributed by atoms with Gasteiger partial charge in [-0.15, -0.1) is 0 Å². The highest BCUT2D eigenvalue weighted by atomic mass is 16.6. The van der Waals surface area contributed by atoms with E-state index in [2.05, 4.69) is 23.8 Å². The second-order valence-electron chi connectivity index (χ2n) is 10.8. The molecule has 6 heteroatoms. The zero-order valence-corrected chi connectivity index (χ0v) is 20.4. The number of hydrogen-bond donors (Lipinski definition) is 1. The highest BCUT2D eigenvalue weighted by Gasteiger charge is 2.34. The molecule has 0 unspecified atom stereocenters. The molecule has 4 rings (SSSR count). The summed E-state index contributed by atoms with van der Waals surface area (Å²) in [4.78, 5) is 22.3. The van der Waals surface area contributed by atoms with Gasteiger partial charge in [0.1, 0.15) is 17.1 Å². The van der Waals surface area contributed by atoms with Crippen LogP contribution in [0.4, 0.5) is 4.79 Å². The third kappa shape index (κ3) is 6.06. The summed E-state index contributed by atoms with van der Waals surface area (Å²) < 4.78 is 11.8. The summed E-state index contributed by atoms with van der Waals surface area (Å²) in [5, 5.41) is 0. The van der Waals surface area contributed by atoms with Crippen molar-refractivity contribution in [2.24, 2.45) is 5.41 Å². The van der Waals surface area contributed by atoms with Gasteiger partial charge in [0, 0.05) is 18.7 Å². The van der Waals surface area contributed by atoms with Crippen LogP contribution in [0, 0.1) is 5.41 Å². The maximum atomic E-state index is 13.1. The molecule has 0 bridgehead atoms. The number of imidazole rings is 1. The molecule has 1 aliphatic rings. The number of hydrogen-bond acceptors (Lipinski definition) is 4. The largest absolute Gasteiger partial charge is 0.457 e. The van der Waals surface area contributed by atoms with Crippen LogP contribution < -0.4 is 4.74 Å². The van der Waals surface area contributed by atoms with Crippen molar-refractivity contribution in [1.29, 1.82) is 0 Å². The smallest absolute Gasteiger partial charge is 0.410 e.